The van der Waals surface area contributed by atoms with Crippen LogP contribution in [0.15, 0.2) is 109 Å². The van der Waals surface area contributed by atoms with Gasteiger partial charge < -0.3 is 0 Å². The standard InChI is InChI=1S/C45H40N2/c1-7-45(8-2)35-21-23-39(27-17-19-31-29-13-9-11-15-33(29)43(3,4)37(31)25-27)46-41(35)42-36(45)22-24-40(47-42)28-18-20-32-30-14-10-12-16-34(30)44(5,6)38(32)26-28/h9-26H,7-8H2,1-6H3. The van der Waals surface area contributed by atoms with Crippen molar-refractivity contribution in [2.45, 2.75) is 70.6 Å². The third kappa shape index (κ3) is 3.67. The quantitative estimate of drug-likeness (QED) is 0.199. The summed E-state index contributed by atoms with van der Waals surface area (Å²) in [5.41, 5.74) is 19.8. The van der Waals surface area contributed by atoms with E-state index in [0.29, 0.717) is 0 Å². The van der Waals surface area contributed by atoms with Crippen molar-refractivity contribution < 1.29 is 0 Å². The summed E-state index contributed by atoms with van der Waals surface area (Å²) in [7, 11) is 0. The number of hydrogen-bond donors (Lipinski definition) is 0. The zero-order chi connectivity index (χ0) is 32.3. The molecule has 0 saturated heterocycles. The van der Waals surface area contributed by atoms with E-state index in [-0.39, 0.29) is 16.2 Å². The van der Waals surface area contributed by atoms with Crippen molar-refractivity contribution in [3.8, 4) is 56.2 Å². The zero-order valence-corrected chi connectivity index (χ0v) is 28.2. The SMILES string of the molecule is CCC1(CC)c2ccc(-c3ccc4c(c3)C(C)(C)c3ccccc3-4)nc2-c2nc(-c3ccc4c(c3)C(C)(C)c3ccccc3-4)ccc21. The molecule has 2 heterocycles. The maximum Gasteiger partial charge on any atom is 0.0938 e. The van der Waals surface area contributed by atoms with Crippen molar-refractivity contribution >= 4 is 0 Å². The smallest absolute Gasteiger partial charge is 0.0938 e. The summed E-state index contributed by atoms with van der Waals surface area (Å²) in [6.45, 7) is 14.0. The fraction of sp³-hybridized carbons (Fsp3) is 0.244. The van der Waals surface area contributed by atoms with Crippen molar-refractivity contribution in [3.05, 3.63) is 143 Å². The number of rotatable bonds is 4. The van der Waals surface area contributed by atoms with Gasteiger partial charge in [0.25, 0.3) is 0 Å². The Labute approximate surface area is 278 Å². The number of fused-ring (bicyclic) bond motifs is 9. The van der Waals surface area contributed by atoms with Crippen LogP contribution in [0.25, 0.3) is 56.2 Å². The molecule has 0 saturated carbocycles. The van der Waals surface area contributed by atoms with E-state index in [1.807, 2.05) is 0 Å². The Bertz CT molecular complexity index is 2120. The second-order valence-electron chi connectivity index (χ2n) is 14.8. The van der Waals surface area contributed by atoms with E-state index >= 15 is 0 Å². The van der Waals surface area contributed by atoms with Crippen molar-refractivity contribution in [1.29, 1.82) is 0 Å². The molecule has 47 heavy (non-hydrogen) atoms. The maximum atomic E-state index is 5.46. The molecule has 0 unspecified atom stereocenters. The monoisotopic (exact) mass is 608 g/mol. The molecule has 3 aliphatic carbocycles. The van der Waals surface area contributed by atoms with Crippen LogP contribution in [0.5, 0.6) is 0 Å². The molecular formula is C45H40N2. The van der Waals surface area contributed by atoms with Crippen LogP contribution in [0.2, 0.25) is 0 Å². The van der Waals surface area contributed by atoms with Crippen LogP contribution in [0, 0.1) is 0 Å². The lowest BCUT2D eigenvalue weighted by Crippen LogP contribution is -2.23. The highest BCUT2D eigenvalue weighted by atomic mass is 14.8. The molecule has 0 amide bonds. The molecule has 6 aromatic rings. The summed E-state index contributed by atoms with van der Waals surface area (Å²) >= 11 is 0. The van der Waals surface area contributed by atoms with Crippen LogP contribution in [-0.2, 0) is 16.2 Å². The lowest BCUT2D eigenvalue weighted by Gasteiger charge is -2.29. The molecule has 3 aliphatic rings. The van der Waals surface area contributed by atoms with Gasteiger partial charge in [-0.15, -0.1) is 0 Å². The summed E-state index contributed by atoms with van der Waals surface area (Å²) < 4.78 is 0. The van der Waals surface area contributed by atoms with Gasteiger partial charge in [0, 0.05) is 27.4 Å². The Morgan fingerprint density at radius 1 is 0.426 bits per heavy atom. The molecule has 0 N–H and O–H groups in total. The Morgan fingerprint density at radius 2 is 0.830 bits per heavy atom. The van der Waals surface area contributed by atoms with Crippen molar-refractivity contribution in [3.63, 3.8) is 0 Å². The van der Waals surface area contributed by atoms with Crippen molar-refractivity contribution in [1.82, 2.24) is 9.97 Å². The van der Waals surface area contributed by atoms with Gasteiger partial charge in [0.1, 0.15) is 0 Å². The molecule has 9 rings (SSSR count). The molecule has 0 aliphatic heterocycles. The van der Waals surface area contributed by atoms with Crippen LogP contribution >= 0.6 is 0 Å². The molecular weight excluding hydrogens is 569 g/mol. The van der Waals surface area contributed by atoms with Gasteiger partial charge in [-0.3, -0.25) is 0 Å². The van der Waals surface area contributed by atoms with E-state index in [1.54, 1.807) is 0 Å². The Kier molecular flexibility index (Phi) is 5.81. The number of hydrogen-bond acceptors (Lipinski definition) is 2. The number of benzene rings is 4. The molecule has 0 spiro atoms. The fourth-order valence-corrected chi connectivity index (χ4v) is 9.26. The van der Waals surface area contributed by atoms with Gasteiger partial charge in [-0.2, -0.15) is 0 Å². The fourth-order valence-electron chi connectivity index (χ4n) is 9.26. The summed E-state index contributed by atoms with van der Waals surface area (Å²) in [6, 6.07) is 40.7. The molecule has 0 fully saturated rings. The van der Waals surface area contributed by atoms with Crippen molar-refractivity contribution in [2.75, 3.05) is 0 Å². The summed E-state index contributed by atoms with van der Waals surface area (Å²) in [6.07, 6.45) is 2.03. The van der Waals surface area contributed by atoms with Crippen LogP contribution in [-0.4, -0.2) is 9.97 Å². The third-order valence-corrected chi connectivity index (χ3v) is 12.0. The van der Waals surface area contributed by atoms with Gasteiger partial charge in [-0.1, -0.05) is 126 Å². The minimum Gasteiger partial charge on any atom is -0.246 e. The van der Waals surface area contributed by atoms with E-state index < -0.39 is 0 Å². The molecule has 230 valence electrons. The van der Waals surface area contributed by atoms with E-state index in [1.165, 1.54) is 55.6 Å². The lowest BCUT2D eigenvalue weighted by molar-refractivity contribution is 0.489. The molecule has 0 bridgehead atoms. The molecule has 2 heteroatoms. The van der Waals surface area contributed by atoms with Crippen molar-refractivity contribution in [2.24, 2.45) is 0 Å². The first kappa shape index (κ1) is 28.4. The number of aromatic nitrogens is 2. The average molecular weight is 609 g/mol. The predicted molar refractivity (Wildman–Crippen MR) is 195 cm³/mol. The molecule has 0 radical (unpaired) electrons. The first-order chi connectivity index (χ1) is 22.7. The van der Waals surface area contributed by atoms with Gasteiger partial charge in [-0.05, 0) is 92.7 Å². The number of pyridine rings is 2. The summed E-state index contributed by atoms with van der Waals surface area (Å²) in [5.74, 6) is 0. The van der Waals surface area contributed by atoms with Crippen LogP contribution in [0.3, 0.4) is 0 Å². The largest absolute Gasteiger partial charge is 0.246 e. The normalized spacial score (nSPS) is 16.6. The van der Waals surface area contributed by atoms with Crippen LogP contribution in [0.1, 0.15) is 87.8 Å². The highest BCUT2D eigenvalue weighted by molar-refractivity contribution is 5.86. The minimum atomic E-state index is -0.0785. The maximum absolute atomic E-state index is 5.46. The zero-order valence-electron chi connectivity index (χ0n) is 28.2. The first-order valence-corrected chi connectivity index (χ1v) is 17.2. The second-order valence-corrected chi connectivity index (χ2v) is 14.8. The van der Waals surface area contributed by atoms with Crippen LogP contribution in [0.4, 0.5) is 0 Å². The molecule has 4 aromatic carbocycles. The van der Waals surface area contributed by atoms with Gasteiger partial charge in [-0.25, -0.2) is 9.97 Å². The molecule has 2 aromatic heterocycles. The Morgan fingerprint density at radius 3 is 1.26 bits per heavy atom. The topological polar surface area (TPSA) is 25.8 Å². The predicted octanol–water partition coefficient (Wildman–Crippen LogP) is 11.5. The van der Waals surface area contributed by atoms with E-state index in [4.69, 9.17) is 9.97 Å². The van der Waals surface area contributed by atoms with E-state index in [0.717, 1.165) is 46.7 Å². The minimum absolute atomic E-state index is 0.0485. The second kappa shape index (κ2) is 9.61. The first-order valence-electron chi connectivity index (χ1n) is 17.2. The van der Waals surface area contributed by atoms with Crippen LogP contribution < -0.4 is 0 Å². The van der Waals surface area contributed by atoms with Gasteiger partial charge >= 0.3 is 0 Å². The third-order valence-electron chi connectivity index (χ3n) is 12.0. The number of nitrogens with zero attached hydrogens (tertiary/aromatic N) is 2. The van der Waals surface area contributed by atoms with E-state index in [9.17, 15) is 0 Å². The highest BCUT2D eigenvalue weighted by Gasteiger charge is 2.43. The highest BCUT2D eigenvalue weighted by Crippen LogP contribution is 2.54. The summed E-state index contributed by atoms with van der Waals surface area (Å²) in [5, 5.41) is 0. The van der Waals surface area contributed by atoms with E-state index in [2.05, 4.69) is 151 Å². The average Bonchev–Trinajstić information content (AvgIpc) is 3.62. The Balaban J connectivity index is 1.17. The van der Waals surface area contributed by atoms with Gasteiger partial charge in [0.2, 0.25) is 0 Å². The molecule has 2 nitrogen and oxygen atoms in total. The van der Waals surface area contributed by atoms with Gasteiger partial charge in [0.05, 0.1) is 22.8 Å². The van der Waals surface area contributed by atoms with Gasteiger partial charge in [0.15, 0.2) is 0 Å². The molecule has 0 atom stereocenters. The Hall–Kier alpha value is -4.82. The lowest BCUT2D eigenvalue weighted by atomic mass is 9.74. The summed E-state index contributed by atoms with van der Waals surface area (Å²) in [4.78, 5) is 10.9.